The summed E-state index contributed by atoms with van der Waals surface area (Å²) >= 11 is 0. The number of epoxide rings is 1. The Morgan fingerprint density at radius 1 is 1.36 bits per heavy atom. The van der Waals surface area contributed by atoms with Crippen LogP contribution >= 0.6 is 0 Å². The van der Waals surface area contributed by atoms with Crippen LogP contribution < -0.4 is 0 Å². The topological polar surface area (TPSA) is 32.8 Å². The zero-order valence-corrected chi connectivity index (χ0v) is 6.83. The van der Waals surface area contributed by atoms with Gasteiger partial charge in [-0.25, -0.2) is 0 Å². The molecule has 0 aromatic carbocycles. The van der Waals surface area contributed by atoms with Gasteiger partial charge in [-0.05, 0) is 19.3 Å². The van der Waals surface area contributed by atoms with Gasteiger partial charge in [0.15, 0.2) is 0 Å². The molecule has 1 rings (SSSR count). The maximum absolute atomic E-state index is 8.64. The average Bonchev–Trinajstić information content (AvgIpc) is 2.77. The summed E-state index contributed by atoms with van der Waals surface area (Å²) < 4.78 is 5.17. The Morgan fingerprint density at radius 3 is 2.73 bits per heavy atom. The van der Waals surface area contributed by atoms with Crippen molar-refractivity contribution in [2.75, 3.05) is 6.61 Å². The molecule has 0 saturated carbocycles. The minimum Gasteiger partial charge on any atom is -0.394 e. The van der Waals surface area contributed by atoms with E-state index in [0.29, 0.717) is 6.10 Å². The van der Waals surface area contributed by atoms with Gasteiger partial charge in [0.2, 0.25) is 0 Å². The molecule has 1 N–H and O–H groups in total. The second-order valence-corrected chi connectivity index (χ2v) is 2.97. The molecule has 0 aromatic rings. The van der Waals surface area contributed by atoms with Crippen LogP contribution in [0.2, 0.25) is 0 Å². The predicted octanol–water partition coefficient (Wildman–Crippen LogP) is 1.49. The van der Waals surface area contributed by atoms with Gasteiger partial charge in [-0.1, -0.05) is 12.5 Å². The lowest BCUT2D eigenvalue weighted by molar-refractivity contribution is 0.241. The molecule has 2 nitrogen and oxygen atoms in total. The van der Waals surface area contributed by atoms with E-state index in [9.17, 15) is 0 Å². The third-order valence-corrected chi connectivity index (χ3v) is 2.01. The number of unbranched alkanes of at least 4 members (excludes halogenated alkanes) is 2. The molecule has 0 amide bonds. The van der Waals surface area contributed by atoms with Gasteiger partial charge >= 0.3 is 0 Å². The highest BCUT2D eigenvalue weighted by molar-refractivity contribution is 4.83. The molecular formula is C9H16O2. The third kappa shape index (κ3) is 3.04. The molecular weight excluding hydrogens is 140 g/mol. The number of rotatable bonds is 6. The van der Waals surface area contributed by atoms with Gasteiger partial charge in [0.25, 0.3) is 0 Å². The van der Waals surface area contributed by atoms with Crippen molar-refractivity contribution in [3.05, 3.63) is 12.7 Å². The van der Waals surface area contributed by atoms with Crippen LogP contribution in [-0.4, -0.2) is 23.9 Å². The standard InChI is InChI=1S/C9H16O2/c1-2-3-4-5-6-8-9(7-10)11-8/h2,8-10H,1,3-7H2/t8-,9+/m0/s1. The van der Waals surface area contributed by atoms with Gasteiger partial charge in [-0.15, -0.1) is 6.58 Å². The zero-order chi connectivity index (χ0) is 8.10. The first-order valence-electron chi connectivity index (χ1n) is 4.25. The van der Waals surface area contributed by atoms with E-state index in [4.69, 9.17) is 9.84 Å². The maximum atomic E-state index is 8.64. The highest BCUT2D eigenvalue weighted by Crippen LogP contribution is 2.26. The second kappa shape index (κ2) is 4.52. The minimum absolute atomic E-state index is 0.152. The van der Waals surface area contributed by atoms with Crippen LogP contribution in [0.4, 0.5) is 0 Å². The molecule has 0 aliphatic carbocycles. The number of allylic oxidation sites excluding steroid dienone is 1. The van der Waals surface area contributed by atoms with Gasteiger partial charge in [-0.3, -0.25) is 0 Å². The Labute approximate surface area is 67.9 Å². The van der Waals surface area contributed by atoms with E-state index in [0.717, 1.165) is 12.8 Å². The van der Waals surface area contributed by atoms with Gasteiger partial charge in [0.1, 0.15) is 6.10 Å². The van der Waals surface area contributed by atoms with E-state index >= 15 is 0 Å². The fourth-order valence-electron chi connectivity index (χ4n) is 1.23. The SMILES string of the molecule is C=CCCCC[C@@H]1O[C@@H]1CO. The Bertz CT molecular complexity index is 123. The van der Waals surface area contributed by atoms with Crippen molar-refractivity contribution in [3.63, 3.8) is 0 Å². The summed E-state index contributed by atoms with van der Waals surface area (Å²) in [7, 11) is 0. The number of aliphatic hydroxyl groups is 1. The summed E-state index contributed by atoms with van der Waals surface area (Å²) in [5.41, 5.74) is 0. The minimum atomic E-state index is 0.152. The molecule has 1 aliphatic heterocycles. The van der Waals surface area contributed by atoms with Crippen molar-refractivity contribution in [2.45, 2.75) is 37.9 Å². The molecule has 2 atom stereocenters. The Hall–Kier alpha value is -0.340. The van der Waals surface area contributed by atoms with E-state index in [1.54, 1.807) is 0 Å². The molecule has 1 fully saturated rings. The number of ether oxygens (including phenoxy) is 1. The third-order valence-electron chi connectivity index (χ3n) is 2.01. The van der Waals surface area contributed by atoms with Gasteiger partial charge < -0.3 is 9.84 Å². The van der Waals surface area contributed by atoms with Crippen LogP contribution in [0.25, 0.3) is 0 Å². The molecule has 0 aromatic heterocycles. The van der Waals surface area contributed by atoms with Crippen molar-refractivity contribution in [1.82, 2.24) is 0 Å². The van der Waals surface area contributed by atoms with Crippen LogP contribution in [0.3, 0.4) is 0 Å². The summed E-state index contributed by atoms with van der Waals surface area (Å²) in [6.45, 7) is 3.84. The van der Waals surface area contributed by atoms with Gasteiger partial charge in [-0.2, -0.15) is 0 Å². The molecule has 1 saturated heterocycles. The molecule has 11 heavy (non-hydrogen) atoms. The molecule has 0 radical (unpaired) electrons. The van der Waals surface area contributed by atoms with E-state index in [2.05, 4.69) is 6.58 Å². The van der Waals surface area contributed by atoms with Gasteiger partial charge in [0.05, 0.1) is 12.7 Å². The van der Waals surface area contributed by atoms with E-state index < -0.39 is 0 Å². The van der Waals surface area contributed by atoms with Crippen LogP contribution in [0.1, 0.15) is 25.7 Å². The molecule has 0 bridgehead atoms. The lowest BCUT2D eigenvalue weighted by Gasteiger charge is -1.93. The predicted molar refractivity (Wildman–Crippen MR) is 44.4 cm³/mol. The Balaban J connectivity index is 1.85. The highest BCUT2D eigenvalue weighted by atomic mass is 16.6. The molecule has 0 unspecified atom stereocenters. The Kier molecular flexibility index (Phi) is 3.60. The smallest absolute Gasteiger partial charge is 0.107 e. The zero-order valence-electron chi connectivity index (χ0n) is 6.83. The Morgan fingerprint density at radius 2 is 2.18 bits per heavy atom. The highest BCUT2D eigenvalue weighted by Gasteiger charge is 2.36. The lowest BCUT2D eigenvalue weighted by atomic mass is 10.1. The first-order valence-corrected chi connectivity index (χ1v) is 4.25. The summed E-state index contributed by atoms with van der Waals surface area (Å²) in [5.74, 6) is 0. The second-order valence-electron chi connectivity index (χ2n) is 2.97. The van der Waals surface area contributed by atoms with Gasteiger partial charge in [0, 0.05) is 0 Å². The van der Waals surface area contributed by atoms with Crippen LogP contribution in [0.15, 0.2) is 12.7 Å². The molecule has 64 valence electrons. The van der Waals surface area contributed by atoms with Crippen LogP contribution in [-0.2, 0) is 4.74 Å². The fourth-order valence-corrected chi connectivity index (χ4v) is 1.23. The average molecular weight is 156 g/mol. The normalized spacial score (nSPS) is 28.5. The van der Waals surface area contributed by atoms with E-state index in [1.165, 1.54) is 12.8 Å². The fraction of sp³-hybridized carbons (Fsp3) is 0.778. The lowest BCUT2D eigenvalue weighted by Crippen LogP contribution is -1.98. The first-order chi connectivity index (χ1) is 5.38. The summed E-state index contributed by atoms with van der Waals surface area (Å²) in [5, 5.41) is 8.64. The van der Waals surface area contributed by atoms with Crippen molar-refractivity contribution in [1.29, 1.82) is 0 Å². The summed E-state index contributed by atoms with van der Waals surface area (Å²) in [4.78, 5) is 0. The molecule has 0 spiro atoms. The summed E-state index contributed by atoms with van der Waals surface area (Å²) in [6, 6.07) is 0. The monoisotopic (exact) mass is 156 g/mol. The van der Waals surface area contributed by atoms with E-state index in [1.807, 2.05) is 6.08 Å². The van der Waals surface area contributed by atoms with Crippen molar-refractivity contribution >= 4 is 0 Å². The number of aliphatic hydroxyl groups excluding tert-OH is 1. The molecule has 1 heterocycles. The quantitative estimate of drug-likeness (QED) is 0.359. The number of hydrogen-bond acceptors (Lipinski definition) is 2. The molecule has 2 heteroatoms. The molecule has 1 aliphatic rings. The maximum Gasteiger partial charge on any atom is 0.107 e. The van der Waals surface area contributed by atoms with Crippen molar-refractivity contribution < 1.29 is 9.84 Å². The van der Waals surface area contributed by atoms with Crippen molar-refractivity contribution in [2.24, 2.45) is 0 Å². The van der Waals surface area contributed by atoms with Crippen LogP contribution in [0.5, 0.6) is 0 Å². The summed E-state index contributed by atoms with van der Waals surface area (Å²) in [6.07, 6.45) is 7.02. The van der Waals surface area contributed by atoms with Crippen LogP contribution in [0, 0.1) is 0 Å². The number of hydrogen-bond donors (Lipinski definition) is 1. The van der Waals surface area contributed by atoms with Crippen molar-refractivity contribution in [3.8, 4) is 0 Å². The van der Waals surface area contributed by atoms with E-state index in [-0.39, 0.29) is 12.7 Å². The first kappa shape index (κ1) is 8.75. The largest absolute Gasteiger partial charge is 0.394 e.